The number of carbonyl (C=O) groups is 2. The van der Waals surface area contributed by atoms with Crippen molar-refractivity contribution in [2.24, 2.45) is 11.3 Å². The van der Waals surface area contributed by atoms with Crippen molar-refractivity contribution in [2.45, 2.75) is 19.4 Å². The number of aliphatic carboxylic acids is 2. The number of rotatable bonds is 2. The van der Waals surface area contributed by atoms with Crippen LogP contribution >= 0.6 is 0 Å². The zero-order valence-corrected chi connectivity index (χ0v) is 6.74. The Morgan fingerprint density at radius 3 is 1.75 bits per heavy atom. The Hall–Kier alpha value is -1.10. The number of hydrogen-bond donors (Lipinski definition) is 3. The van der Waals surface area contributed by atoms with Crippen LogP contribution in [0.4, 0.5) is 0 Å². The fourth-order valence-electron chi connectivity index (χ4n) is 1.63. The molecule has 68 valence electrons. The van der Waals surface area contributed by atoms with Crippen LogP contribution in [0.5, 0.6) is 0 Å². The highest BCUT2D eigenvalue weighted by Crippen LogP contribution is 2.61. The van der Waals surface area contributed by atoms with Gasteiger partial charge in [-0.05, 0) is 0 Å². The van der Waals surface area contributed by atoms with E-state index in [1.165, 1.54) is 13.8 Å². The van der Waals surface area contributed by atoms with E-state index in [4.69, 9.17) is 10.2 Å². The van der Waals surface area contributed by atoms with Crippen LogP contribution in [0.2, 0.25) is 0 Å². The Bertz CT molecular complexity index is 257. The number of aliphatic hydroxyl groups is 1. The molecule has 0 aliphatic heterocycles. The smallest absolute Gasteiger partial charge is 0.337 e. The molecule has 0 amide bonds. The summed E-state index contributed by atoms with van der Waals surface area (Å²) in [7, 11) is 0. The normalized spacial score (nSPS) is 37.4. The fourth-order valence-corrected chi connectivity index (χ4v) is 1.63. The zero-order valence-electron chi connectivity index (χ0n) is 6.74. The molecular formula is C7H10O5. The standard InChI is InChI=1S/C7H10O5/c1-6(2)3(4(8)9)7(6,12)5(10)11/h3,12H,1-2H3,(H,8,9)(H,10,11). The van der Waals surface area contributed by atoms with Gasteiger partial charge in [0.05, 0.1) is 0 Å². The molecule has 3 N–H and O–H groups in total. The Labute approximate surface area is 68.6 Å². The Kier molecular flexibility index (Phi) is 1.48. The van der Waals surface area contributed by atoms with Gasteiger partial charge in [0.25, 0.3) is 0 Å². The van der Waals surface area contributed by atoms with Crippen LogP contribution < -0.4 is 0 Å². The molecule has 2 atom stereocenters. The third-order valence-corrected chi connectivity index (χ3v) is 2.61. The summed E-state index contributed by atoms with van der Waals surface area (Å²) >= 11 is 0. The topological polar surface area (TPSA) is 94.8 Å². The average molecular weight is 174 g/mol. The van der Waals surface area contributed by atoms with Crippen LogP contribution in [0.15, 0.2) is 0 Å². The van der Waals surface area contributed by atoms with Crippen molar-refractivity contribution in [3.05, 3.63) is 0 Å². The maximum atomic E-state index is 10.5. The number of carboxylic acids is 2. The Morgan fingerprint density at radius 2 is 1.67 bits per heavy atom. The van der Waals surface area contributed by atoms with E-state index in [-0.39, 0.29) is 0 Å². The van der Waals surface area contributed by atoms with Gasteiger partial charge in [0.1, 0.15) is 5.92 Å². The molecule has 1 fully saturated rings. The van der Waals surface area contributed by atoms with E-state index in [1.807, 2.05) is 0 Å². The van der Waals surface area contributed by atoms with Gasteiger partial charge >= 0.3 is 11.9 Å². The lowest BCUT2D eigenvalue weighted by Crippen LogP contribution is -2.29. The average Bonchev–Trinajstić information content (AvgIpc) is 2.28. The van der Waals surface area contributed by atoms with Crippen LogP contribution in [0, 0.1) is 11.3 Å². The molecule has 5 heteroatoms. The highest BCUT2D eigenvalue weighted by Gasteiger charge is 2.79. The van der Waals surface area contributed by atoms with Gasteiger partial charge < -0.3 is 15.3 Å². The molecule has 2 unspecified atom stereocenters. The molecule has 1 saturated carbocycles. The first-order chi connectivity index (χ1) is 5.26. The van der Waals surface area contributed by atoms with Gasteiger partial charge in [-0.15, -0.1) is 0 Å². The predicted octanol–water partition coefficient (Wildman–Crippen LogP) is -0.457. The minimum absolute atomic E-state index is 1.08. The van der Waals surface area contributed by atoms with Crippen molar-refractivity contribution in [2.75, 3.05) is 0 Å². The molecule has 1 aliphatic carbocycles. The third kappa shape index (κ3) is 0.714. The summed E-state index contributed by atoms with van der Waals surface area (Å²) in [5.74, 6) is -3.95. The van der Waals surface area contributed by atoms with Gasteiger partial charge in [-0.3, -0.25) is 4.79 Å². The lowest BCUT2D eigenvalue weighted by molar-refractivity contribution is -0.155. The van der Waals surface area contributed by atoms with Gasteiger partial charge in [0, 0.05) is 5.41 Å². The van der Waals surface area contributed by atoms with Crippen molar-refractivity contribution in [1.29, 1.82) is 0 Å². The molecule has 0 aromatic heterocycles. The van der Waals surface area contributed by atoms with Gasteiger partial charge in [-0.25, -0.2) is 4.79 Å². The Morgan fingerprint density at radius 1 is 1.25 bits per heavy atom. The van der Waals surface area contributed by atoms with Crippen LogP contribution in [-0.2, 0) is 9.59 Å². The van der Waals surface area contributed by atoms with Gasteiger partial charge in [-0.2, -0.15) is 0 Å². The minimum Gasteiger partial charge on any atom is -0.481 e. The lowest BCUT2D eigenvalue weighted by Gasteiger charge is -2.05. The van der Waals surface area contributed by atoms with Crippen molar-refractivity contribution >= 4 is 11.9 Å². The van der Waals surface area contributed by atoms with Crippen LogP contribution in [0.25, 0.3) is 0 Å². The summed E-state index contributed by atoms with van der Waals surface area (Å²) < 4.78 is 0. The molecule has 12 heavy (non-hydrogen) atoms. The van der Waals surface area contributed by atoms with E-state index in [0.29, 0.717) is 0 Å². The number of hydrogen-bond acceptors (Lipinski definition) is 3. The lowest BCUT2D eigenvalue weighted by atomic mass is 10.1. The molecule has 0 saturated heterocycles. The van der Waals surface area contributed by atoms with Crippen LogP contribution in [0.3, 0.4) is 0 Å². The van der Waals surface area contributed by atoms with Gasteiger partial charge in [0.2, 0.25) is 0 Å². The van der Waals surface area contributed by atoms with Crippen LogP contribution in [0.1, 0.15) is 13.8 Å². The predicted molar refractivity (Wildman–Crippen MR) is 37.5 cm³/mol. The molecule has 0 radical (unpaired) electrons. The summed E-state index contributed by atoms with van der Waals surface area (Å²) in [5, 5.41) is 26.5. The summed E-state index contributed by atoms with van der Waals surface area (Å²) in [6.07, 6.45) is 0. The van der Waals surface area contributed by atoms with E-state index in [9.17, 15) is 14.7 Å². The quantitative estimate of drug-likeness (QED) is 0.526. The fraction of sp³-hybridized carbons (Fsp3) is 0.714. The summed E-state index contributed by atoms with van der Waals surface area (Å²) in [5.41, 5.74) is -3.18. The SMILES string of the molecule is CC1(C)C(C(=O)O)C1(O)C(=O)O. The first kappa shape index (κ1) is 8.99. The molecular weight excluding hydrogens is 164 g/mol. The Balaban J connectivity index is 2.99. The van der Waals surface area contributed by atoms with Gasteiger partial charge in [-0.1, -0.05) is 13.8 Å². The second kappa shape index (κ2) is 1.98. The molecule has 0 heterocycles. The van der Waals surface area contributed by atoms with Crippen molar-refractivity contribution in [3.63, 3.8) is 0 Å². The molecule has 1 rings (SSSR count). The molecule has 0 bridgehead atoms. The maximum absolute atomic E-state index is 10.5. The third-order valence-electron chi connectivity index (χ3n) is 2.61. The largest absolute Gasteiger partial charge is 0.481 e. The van der Waals surface area contributed by atoms with E-state index in [2.05, 4.69) is 0 Å². The van der Waals surface area contributed by atoms with Gasteiger partial charge in [0.15, 0.2) is 5.60 Å². The zero-order chi connectivity index (χ0) is 9.73. The second-order valence-corrected chi connectivity index (χ2v) is 3.56. The number of carboxylic acid groups (broad SMARTS) is 2. The summed E-state index contributed by atoms with van der Waals surface area (Å²) in [6.45, 7) is 2.83. The van der Waals surface area contributed by atoms with E-state index < -0.39 is 28.9 Å². The molecule has 0 aromatic rings. The second-order valence-electron chi connectivity index (χ2n) is 3.56. The highest BCUT2D eigenvalue weighted by molar-refractivity contribution is 5.94. The molecule has 1 aliphatic rings. The van der Waals surface area contributed by atoms with Crippen LogP contribution in [-0.4, -0.2) is 32.9 Å². The van der Waals surface area contributed by atoms with Crippen molar-refractivity contribution in [3.8, 4) is 0 Å². The van der Waals surface area contributed by atoms with E-state index in [1.54, 1.807) is 0 Å². The van der Waals surface area contributed by atoms with E-state index >= 15 is 0 Å². The first-order valence-corrected chi connectivity index (χ1v) is 3.45. The highest BCUT2D eigenvalue weighted by atomic mass is 16.4. The van der Waals surface area contributed by atoms with E-state index in [0.717, 1.165) is 0 Å². The molecule has 0 spiro atoms. The summed E-state index contributed by atoms with van der Waals surface area (Å²) in [4.78, 5) is 21.0. The maximum Gasteiger partial charge on any atom is 0.337 e. The molecule has 5 nitrogen and oxygen atoms in total. The first-order valence-electron chi connectivity index (χ1n) is 3.45. The summed E-state index contributed by atoms with van der Waals surface area (Å²) in [6, 6.07) is 0. The minimum atomic E-state index is -2.10. The van der Waals surface area contributed by atoms with Crippen molar-refractivity contribution < 1.29 is 24.9 Å². The monoisotopic (exact) mass is 174 g/mol. The molecule has 0 aromatic carbocycles. The van der Waals surface area contributed by atoms with Crippen molar-refractivity contribution in [1.82, 2.24) is 0 Å².